The summed E-state index contributed by atoms with van der Waals surface area (Å²) < 4.78 is 4.62. The van der Waals surface area contributed by atoms with Gasteiger partial charge >= 0.3 is 5.97 Å². The number of hydrogen-bond acceptors (Lipinski definition) is 4. The number of carbonyl (C=O) groups excluding carboxylic acids is 1. The second-order valence-corrected chi connectivity index (χ2v) is 4.05. The van der Waals surface area contributed by atoms with Gasteiger partial charge in [-0.2, -0.15) is 0 Å². The van der Waals surface area contributed by atoms with Gasteiger partial charge in [0, 0.05) is 6.04 Å². The first kappa shape index (κ1) is 12.6. The Kier molecular flexibility index (Phi) is 4.01. The van der Waals surface area contributed by atoms with Crippen LogP contribution in [0.2, 0.25) is 5.02 Å². The van der Waals surface area contributed by atoms with E-state index < -0.39 is 5.97 Å². The third-order valence-corrected chi connectivity index (χ3v) is 2.24. The number of aromatic hydroxyl groups is 1. The average Bonchev–Trinajstić information content (AvgIpc) is 2.21. The van der Waals surface area contributed by atoms with Gasteiger partial charge in [-0.3, -0.25) is 0 Å². The summed E-state index contributed by atoms with van der Waals surface area (Å²) in [5.74, 6) is -0.661. The maximum Gasteiger partial charge on any atom is 0.340 e. The van der Waals surface area contributed by atoms with Crippen LogP contribution in [0.1, 0.15) is 24.2 Å². The number of benzene rings is 1. The molecule has 0 saturated carbocycles. The maximum atomic E-state index is 11.5. The Morgan fingerprint density at radius 3 is 2.62 bits per heavy atom. The van der Waals surface area contributed by atoms with Crippen LogP contribution < -0.4 is 5.32 Å². The quantitative estimate of drug-likeness (QED) is 0.633. The third-order valence-electron chi connectivity index (χ3n) is 1.94. The number of carbonyl (C=O) groups is 1. The van der Waals surface area contributed by atoms with Crippen molar-refractivity contribution in [1.29, 1.82) is 0 Å². The number of hydrogen-bond donors (Lipinski definition) is 2. The van der Waals surface area contributed by atoms with E-state index in [1.807, 2.05) is 13.8 Å². The summed E-state index contributed by atoms with van der Waals surface area (Å²) in [7, 11) is 1.28. The first-order valence-corrected chi connectivity index (χ1v) is 5.21. The molecule has 0 heterocycles. The molecule has 4 nitrogen and oxygen atoms in total. The zero-order valence-electron chi connectivity index (χ0n) is 9.37. The van der Waals surface area contributed by atoms with E-state index in [4.69, 9.17) is 11.6 Å². The molecule has 0 bridgehead atoms. The van der Waals surface area contributed by atoms with Crippen LogP contribution in [0.25, 0.3) is 0 Å². The van der Waals surface area contributed by atoms with E-state index >= 15 is 0 Å². The molecule has 0 saturated heterocycles. The topological polar surface area (TPSA) is 58.6 Å². The predicted octanol–water partition coefficient (Wildman–Crippen LogP) is 2.65. The Morgan fingerprint density at radius 2 is 2.12 bits per heavy atom. The molecule has 2 N–H and O–H groups in total. The maximum absolute atomic E-state index is 11.5. The van der Waals surface area contributed by atoms with E-state index in [1.165, 1.54) is 19.2 Å². The van der Waals surface area contributed by atoms with Gasteiger partial charge in [-0.1, -0.05) is 11.6 Å². The molecule has 16 heavy (non-hydrogen) atoms. The summed E-state index contributed by atoms with van der Waals surface area (Å²) in [6, 6.07) is 2.94. The molecule has 0 aliphatic rings. The smallest absolute Gasteiger partial charge is 0.340 e. The minimum Gasteiger partial charge on any atom is -0.506 e. The van der Waals surface area contributed by atoms with Crippen LogP contribution in [0.3, 0.4) is 0 Å². The summed E-state index contributed by atoms with van der Waals surface area (Å²) in [5, 5.41) is 12.7. The Morgan fingerprint density at radius 1 is 1.50 bits per heavy atom. The van der Waals surface area contributed by atoms with Crippen molar-refractivity contribution in [3.05, 3.63) is 22.7 Å². The molecule has 0 atom stereocenters. The fraction of sp³-hybridized carbons (Fsp3) is 0.364. The highest BCUT2D eigenvalue weighted by atomic mass is 35.5. The van der Waals surface area contributed by atoms with Crippen LogP contribution in [0.4, 0.5) is 5.69 Å². The molecule has 0 radical (unpaired) electrons. The number of phenolic OH excluding ortho intramolecular Hbond substituents is 1. The van der Waals surface area contributed by atoms with Crippen molar-refractivity contribution < 1.29 is 14.6 Å². The predicted molar refractivity (Wildman–Crippen MR) is 63.2 cm³/mol. The Labute approximate surface area is 99.2 Å². The highest BCUT2D eigenvalue weighted by Crippen LogP contribution is 2.30. The van der Waals surface area contributed by atoms with Crippen LogP contribution >= 0.6 is 11.6 Å². The molecule has 0 aliphatic carbocycles. The molecule has 0 unspecified atom stereocenters. The molecule has 0 spiro atoms. The van der Waals surface area contributed by atoms with Gasteiger partial charge in [-0.25, -0.2) is 4.79 Å². The van der Waals surface area contributed by atoms with Crippen molar-refractivity contribution in [3.8, 4) is 5.75 Å². The number of phenols is 1. The van der Waals surface area contributed by atoms with Gasteiger partial charge in [0.15, 0.2) is 0 Å². The van der Waals surface area contributed by atoms with Crippen LogP contribution in [0.15, 0.2) is 12.1 Å². The SMILES string of the molecule is COC(=O)c1cc(O)c(Cl)cc1NC(C)C. The lowest BCUT2D eigenvalue weighted by atomic mass is 10.1. The Hall–Kier alpha value is -1.42. The number of anilines is 1. The van der Waals surface area contributed by atoms with E-state index in [-0.39, 0.29) is 22.4 Å². The monoisotopic (exact) mass is 243 g/mol. The fourth-order valence-electron chi connectivity index (χ4n) is 1.27. The molecular weight excluding hydrogens is 230 g/mol. The molecule has 1 aromatic carbocycles. The van der Waals surface area contributed by atoms with Crippen LogP contribution in [0.5, 0.6) is 5.75 Å². The number of methoxy groups -OCH3 is 1. The molecule has 0 amide bonds. The Bertz CT molecular complexity index is 404. The highest BCUT2D eigenvalue weighted by Gasteiger charge is 2.15. The number of esters is 1. The zero-order valence-corrected chi connectivity index (χ0v) is 10.1. The van der Waals surface area contributed by atoms with E-state index in [1.54, 1.807) is 0 Å². The van der Waals surface area contributed by atoms with Crippen LogP contribution in [-0.2, 0) is 4.74 Å². The molecule has 0 fully saturated rings. The second kappa shape index (κ2) is 5.07. The molecule has 5 heteroatoms. The largest absolute Gasteiger partial charge is 0.506 e. The normalized spacial score (nSPS) is 10.3. The molecule has 88 valence electrons. The summed E-state index contributed by atoms with van der Waals surface area (Å²) in [4.78, 5) is 11.5. The zero-order chi connectivity index (χ0) is 12.3. The minimum absolute atomic E-state index is 0.142. The van der Waals surface area contributed by atoms with Crippen molar-refractivity contribution in [3.63, 3.8) is 0 Å². The van der Waals surface area contributed by atoms with Crippen molar-refractivity contribution in [2.45, 2.75) is 19.9 Å². The van der Waals surface area contributed by atoms with Gasteiger partial charge in [0.25, 0.3) is 0 Å². The number of nitrogens with one attached hydrogen (secondary N) is 1. The number of ether oxygens (including phenoxy) is 1. The van der Waals surface area contributed by atoms with Gasteiger partial charge < -0.3 is 15.2 Å². The standard InChI is InChI=1S/C11H14ClNO3/c1-6(2)13-9-5-8(12)10(14)4-7(9)11(15)16-3/h4-6,13-14H,1-3H3. The summed E-state index contributed by atoms with van der Waals surface area (Å²) in [6.45, 7) is 3.86. The third kappa shape index (κ3) is 2.79. The second-order valence-electron chi connectivity index (χ2n) is 3.64. The van der Waals surface area contributed by atoms with E-state index in [9.17, 15) is 9.90 Å². The van der Waals surface area contributed by atoms with Crippen LogP contribution in [-0.4, -0.2) is 24.2 Å². The van der Waals surface area contributed by atoms with Crippen molar-refractivity contribution >= 4 is 23.3 Å². The van der Waals surface area contributed by atoms with Gasteiger partial charge in [-0.05, 0) is 26.0 Å². The lowest BCUT2D eigenvalue weighted by molar-refractivity contribution is 0.0601. The first-order chi connectivity index (χ1) is 7.45. The van der Waals surface area contributed by atoms with E-state index in [0.717, 1.165) is 0 Å². The van der Waals surface area contributed by atoms with Gasteiger partial charge in [0.1, 0.15) is 5.75 Å². The summed E-state index contributed by atoms with van der Waals surface area (Å²) >= 11 is 5.78. The average molecular weight is 244 g/mol. The van der Waals surface area contributed by atoms with Crippen LogP contribution in [0, 0.1) is 0 Å². The van der Waals surface area contributed by atoms with E-state index in [0.29, 0.717) is 5.69 Å². The Balaban J connectivity index is 3.21. The summed E-state index contributed by atoms with van der Waals surface area (Å²) in [6.07, 6.45) is 0. The van der Waals surface area contributed by atoms with Crippen molar-refractivity contribution in [2.75, 3.05) is 12.4 Å². The first-order valence-electron chi connectivity index (χ1n) is 4.83. The van der Waals surface area contributed by atoms with Crippen molar-refractivity contribution in [2.24, 2.45) is 0 Å². The fourth-order valence-corrected chi connectivity index (χ4v) is 1.43. The molecule has 0 aromatic heterocycles. The molecule has 1 aromatic rings. The minimum atomic E-state index is -0.518. The lowest BCUT2D eigenvalue weighted by Gasteiger charge is -2.14. The number of halogens is 1. The molecule has 1 rings (SSSR count). The summed E-state index contributed by atoms with van der Waals surface area (Å²) in [5.41, 5.74) is 0.808. The van der Waals surface area contributed by atoms with Crippen molar-refractivity contribution in [1.82, 2.24) is 0 Å². The van der Waals surface area contributed by atoms with Gasteiger partial charge in [0.2, 0.25) is 0 Å². The van der Waals surface area contributed by atoms with Gasteiger partial charge in [-0.15, -0.1) is 0 Å². The van der Waals surface area contributed by atoms with Gasteiger partial charge in [0.05, 0.1) is 23.4 Å². The molecule has 0 aliphatic heterocycles. The number of rotatable bonds is 3. The van der Waals surface area contributed by atoms with E-state index in [2.05, 4.69) is 10.1 Å². The molecular formula is C11H14ClNO3. The lowest BCUT2D eigenvalue weighted by Crippen LogP contribution is -2.14. The highest BCUT2D eigenvalue weighted by molar-refractivity contribution is 6.32.